The Balaban J connectivity index is 1.94. The molecule has 1 amide bonds. The number of hydrogen-bond acceptors (Lipinski definition) is 2. The van der Waals surface area contributed by atoms with Gasteiger partial charge in [0, 0.05) is 5.69 Å². The summed E-state index contributed by atoms with van der Waals surface area (Å²) in [7, 11) is 0. The van der Waals surface area contributed by atoms with Crippen LogP contribution in [0.1, 0.15) is 5.56 Å². The molecule has 0 heterocycles. The summed E-state index contributed by atoms with van der Waals surface area (Å²) in [6, 6.07) is 14.5. The van der Waals surface area contributed by atoms with E-state index >= 15 is 0 Å². The Morgan fingerprint density at radius 2 is 1.74 bits per heavy atom. The van der Waals surface area contributed by atoms with E-state index in [-0.39, 0.29) is 11.7 Å². The van der Waals surface area contributed by atoms with E-state index in [0.29, 0.717) is 12.1 Å². The fraction of sp³-hybridized carbons (Fsp3) is 0.133. The van der Waals surface area contributed by atoms with Crippen molar-refractivity contribution in [1.82, 2.24) is 0 Å². The predicted molar refractivity (Wildman–Crippen MR) is 73.2 cm³/mol. The third-order valence-electron chi connectivity index (χ3n) is 2.75. The molecule has 2 aromatic carbocycles. The third-order valence-corrected chi connectivity index (χ3v) is 2.75. The highest BCUT2D eigenvalue weighted by Crippen LogP contribution is 2.09. The first-order valence-corrected chi connectivity index (χ1v) is 6.01. The van der Waals surface area contributed by atoms with Crippen molar-refractivity contribution < 1.29 is 9.18 Å². The maximum Gasteiger partial charge on any atom is 0.241 e. The Hall–Kier alpha value is -2.20. The molecule has 0 aliphatic rings. The fourth-order valence-corrected chi connectivity index (χ4v) is 1.73. The summed E-state index contributed by atoms with van der Waals surface area (Å²) >= 11 is 0. The van der Waals surface area contributed by atoms with Gasteiger partial charge in [-0.15, -0.1) is 0 Å². The number of carbonyl (C=O) groups is 1. The molecule has 4 heteroatoms. The van der Waals surface area contributed by atoms with Crippen LogP contribution < -0.4 is 11.1 Å². The Bertz CT molecular complexity index is 540. The monoisotopic (exact) mass is 258 g/mol. The highest BCUT2D eigenvalue weighted by molar-refractivity contribution is 5.94. The van der Waals surface area contributed by atoms with Gasteiger partial charge in [0.05, 0.1) is 6.04 Å². The molecule has 0 saturated heterocycles. The van der Waals surface area contributed by atoms with Crippen LogP contribution in [0.4, 0.5) is 10.1 Å². The number of nitrogens with two attached hydrogens (primary N) is 1. The lowest BCUT2D eigenvalue weighted by Crippen LogP contribution is -2.37. The molecule has 0 aliphatic carbocycles. The second-order valence-electron chi connectivity index (χ2n) is 4.29. The van der Waals surface area contributed by atoms with Crippen molar-refractivity contribution in [3.8, 4) is 0 Å². The second-order valence-corrected chi connectivity index (χ2v) is 4.29. The van der Waals surface area contributed by atoms with Crippen LogP contribution in [0.2, 0.25) is 0 Å². The molecule has 3 nitrogen and oxygen atoms in total. The summed E-state index contributed by atoms with van der Waals surface area (Å²) in [6.45, 7) is 0. The number of nitrogens with one attached hydrogen (secondary N) is 1. The molecule has 0 aliphatic heterocycles. The zero-order valence-electron chi connectivity index (χ0n) is 10.3. The van der Waals surface area contributed by atoms with E-state index in [9.17, 15) is 9.18 Å². The van der Waals surface area contributed by atoms with Gasteiger partial charge in [0.1, 0.15) is 5.82 Å². The van der Waals surface area contributed by atoms with Crippen LogP contribution >= 0.6 is 0 Å². The van der Waals surface area contributed by atoms with Gasteiger partial charge in [0.2, 0.25) is 5.91 Å². The fourth-order valence-electron chi connectivity index (χ4n) is 1.73. The van der Waals surface area contributed by atoms with Gasteiger partial charge >= 0.3 is 0 Å². The van der Waals surface area contributed by atoms with E-state index in [0.717, 1.165) is 5.56 Å². The minimum Gasteiger partial charge on any atom is -0.325 e. The second kappa shape index (κ2) is 6.11. The van der Waals surface area contributed by atoms with Gasteiger partial charge in [-0.25, -0.2) is 4.39 Å². The van der Waals surface area contributed by atoms with Crippen molar-refractivity contribution in [2.24, 2.45) is 5.73 Å². The molecule has 0 bridgehead atoms. The van der Waals surface area contributed by atoms with Crippen LogP contribution in [0.5, 0.6) is 0 Å². The zero-order chi connectivity index (χ0) is 13.7. The molecule has 0 unspecified atom stereocenters. The minimum absolute atomic E-state index is 0.282. The first-order chi connectivity index (χ1) is 9.15. The first kappa shape index (κ1) is 13.2. The topological polar surface area (TPSA) is 55.1 Å². The van der Waals surface area contributed by atoms with E-state index in [1.807, 2.05) is 30.3 Å². The van der Waals surface area contributed by atoms with Gasteiger partial charge in [0.15, 0.2) is 0 Å². The Labute approximate surface area is 111 Å². The average molecular weight is 258 g/mol. The van der Waals surface area contributed by atoms with Crippen molar-refractivity contribution in [1.29, 1.82) is 0 Å². The van der Waals surface area contributed by atoms with Gasteiger partial charge < -0.3 is 11.1 Å². The third kappa shape index (κ3) is 3.89. The van der Waals surface area contributed by atoms with Crippen LogP contribution in [0.15, 0.2) is 54.6 Å². The largest absolute Gasteiger partial charge is 0.325 e. The molecular weight excluding hydrogens is 243 g/mol. The Morgan fingerprint density at radius 3 is 2.37 bits per heavy atom. The molecule has 0 aromatic heterocycles. The van der Waals surface area contributed by atoms with E-state index < -0.39 is 6.04 Å². The van der Waals surface area contributed by atoms with Crippen LogP contribution in [-0.2, 0) is 11.2 Å². The van der Waals surface area contributed by atoms with E-state index in [1.165, 1.54) is 24.3 Å². The van der Waals surface area contributed by atoms with Gasteiger partial charge in [0.25, 0.3) is 0 Å². The zero-order valence-corrected chi connectivity index (χ0v) is 10.3. The molecule has 19 heavy (non-hydrogen) atoms. The van der Waals surface area contributed by atoms with E-state index in [4.69, 9.17) is 5.73 Å². The summed E-state index contributed by atoms with van der Waals surface area (Å²) in [5.41, 5.74) is 7.38. The van der Waals surface area contributed by atoms with Gasteiger partial charge in [-0.05, 0) is 36.2 Å². The molecule has 1 atom stereocenters. The Morgan fingerprint density at radius 1 is 1.11 bits per heavy atom. The number of carbonyl (C=O) groups excluding carboxylic acids is 1. The summed E-state index contributed by atoms with van der Waals surface area (Å²) in [5.74, 6) is -0.623. The van der Waals surface area contributed by atoms with Crippen molar-refractivity contribution in [2.75, 3.05) is 5.32 Å². The van der Waals surface area contributed by atoms with Crippen molar-refractivity contribution in [2.45, 2.75) is 12.5 Å². The van der Waals surface area contributed by atoms with E-state index in [2.05, 4.69) is 5.32 Å². The van der Waals surface area contributed by atoms with Crippen molar-refractivity contribution in [3.05, 3.63) is 66.0 Å². The number of benzene rings is 2. The number of hydrogen-bond donors (Lipinski definition) is 2. The first-order valence-electron chi connectivity index (χ1n) is 6.01. The van der Waals surface area contributed by atoms with Crippen molar-refractivity contribution >= 4 is 11.6 Å². The maximum atomic E-state index is 12.7. The lowest BCUT2D eigenvalue weighted by Gasteiger charge is -2.12. The van der Waals surface area contributed by atoms with Gasteiger partial charge in [-0.2, -0.15) is 0 Å². The minimum atomic E-state index is -0.632. The summed E-state index contributed by atoms with van der Waals surface area (Å²) < 4.78 is 12.7. The quantitative estimate of drug-likeness (QED) is 0.884. The molecule has 0 radical (unpaired) electrons. The predicted octanol–water partition coefficient (Wildman–Crippen LogP) is 2.33. The van der Waals surface area contributed by atoms with Crippen LogP contribution in [0.3, 0.4) is 0 Å². The molecule has 0 saturated carbocycles. The highest BCUT2D eigenvalue weighted by Gasteiger charge is 2.14. The number of rotatable bonds is 4. The molecule has 2 aromatic rings. The van der Waals surface area contributed by atoms with Crippen LogP contribution in [0.25, 0.3) is 0 Å². The van der Waals surface area contributed by atoms with Crippen LogP contribution in [0, 0.1) is 5.82 Å². The molecule has 98 valence electrons. The molecule has 3 N–H and O–H groups in total. The summed E-state index contributed by atoms with van der Waals surface area (Å²) in [5, 5.41) is 2.66. The molecule has 2 rings (SSSR count). The molecule has 0 spiro atoms. The summed E-state index contributed by atoms with van der Waals surface area (Å²) in [6.07, 6.45) is 0.466. The SMILES string of the molecule is N[C@@H](Cc1ccccc1)C(=O)Nc1ccc(F)cc1. The summed E-state index contributed by atoms with van der Waals surface area (Å²) in [4.78, 5) is 11.9. The Kier molecular flexibility index (Phi) is 4.26. The smallest absolute Gasteiger partial charge is 0.241 e. The van der Waals surface area contributed by atoms with Gasteiger partial charge in [-0.1, -0.05) is 30.3 Å². The lowest BCUT2D eigenvalue weighted by molar-refractivity contribution is -0.117. The number of amides is 1. The normalized spacial score (nSPS) is 11.9. The maximum absolute atomic E-state index is 12.7. The number of halogens is 1. The van der Waals surface area contributed by atoms with Crippen LogP contribution in [-0.4, -0.2) is 11.9 Å². The lowest BCUT2D eigenvalue weighted by atomic mass is 10.1. The molecule has 0 fully saturated rings. The molecular formula is C15H15FN2O. The number of anilines is 1. The highest BCUT2D eigenvalue weighted by atomic mass is 19.1. The van der Waals surface area contributed by atoms with E-state index in [1.54, 1.807) is 0 Å². The van der Waals surface area contributed by atoms with Gasteiger partial charge in [-0.3, -0.25) is 4.79 Å². The average Bonchev–Trinajstić information content (AvgIpc) is 2.42. The standard InChI is InChI=1S/C15H15FN2O/c16-12-6-8-13(9-7-12)18-15(19)14(17)10-11-4-2-1-3-5-11/h1-9,14H,10,17H2,(H,18,19)/t14-/m0/s1. The van der Waals surface area contributed by atoms with Crippen molar-refractivity contribution in [3.63, 3.8) is 0 Å².